The van der Waals surface area contributed by atoms with Crippen molar-refractivity contribution in [3.05, 3.63) is 63.6 Å². The molecule has 0 aliphatic heterocycles. The number of methoxy groups -OCH3 is 1. The van der Waals surface area contributed by atoms with Crippen LogP contribution in [0.15, 0.2) is 42.5 Å². The summed E-state index contributed by atoms with van der Waals surface area (Å²) < 4.78 is 5.18. The Morgan fingerprint density at radius 3 is 2.24 bits per heavy atom. The Balaban J connectivity index is 2.10. The van der Waals surface area contributed by atoms with Gasteiger partial charge in [-0.05, 0) is 43.2 Å². The van der Waals surface area contributed by atoms with Gasteiger partial charge < -0.3 is 10.1 Å². The highest BCUT2D eigenvalue weighted by Gasteiger charge is 2.15. The third-order valence-corrected chi connectivity index (χ3v) is 4.40. The van der Waals surface area contributed by atoms with Crippen molar-refractivity contribution >= 4 is 23.2 Å². The third-order valence-electron chi connectivity index (χ3n) is 3.56. The first kappa shape index (κ1) is 16.2. The number of halogens is 2. The lowest BCUT2D eigenvalue weighted by Gasteiger charge is -2.22. The molecule has 0 bridgehead atoms. The van der Waals surface area contributed by atoms with Crippen molar-refractivity contribution in [1.82, 2.24) is 5.32 Å². The first-order valence-corrected chi connectivity index (χ1v) is 7.62. The van der Waals surface area contributed by atoms with Crippen molar-refractivity contribution in [3.63, 3.8) is 0 Å². The molecule has 0 saturated heterocycles. The van der Waals surface area contributed by atoms with Gasteiger partial charge in [-0.25, -0.2) is 0 Å². The van der Waals surface area contributed by atoms with Gasteiger partial charge in [0.1, 0.15) is 5.75 Å². The molecule has 1 N–H and O–H groups in total. The van der Waals surface area contributed by atoms with Crippen LogP contribution in [0.25, 0.3) is 0 Å². The summed E-state index contributed by atoms with van der Waals surface area (Å²) in [7, 11) is 1.67. The van der Waals surface area contributed by atoms with Gasteiger partial charge in [-0.1, -0.05) is 47.5 Å². The van der Waals surface area contributed by atoms with Gasteiger partial charge >= 0.3 is 0 Å². The van der Waals surface area contributed by atoms with Gasteiger partial charge in [0.25, 0.3) is 0 Å². The van der Waals surface area contributed by atoms with E-state index in [1.807, 2.05) is 24.3 Å². The summed E-state index contributed by atoms with van der Waals surface area (Å²) in [6.07, 6.45) is 0. The van der Waals surface area contributed by atoms with Crippen LogP contribution in [0.2, 0.25) is 10.0 Å². The van der Waals surface area contributed by atoms with Gasteiger partial charge in [0.15, 0.2) is 0 Å². The Hall–Kier alpha value is -1.22. The van der Waals surface area contributed by atoms with Crippen molar-refractivity contribution in [1.29, 1.82) is 0 Å². The van der Waals surface area contributed by atoms with Gasteiger partial charge in [0.2, 0.25) is 0 Å². The largest absolute Gasteiger partial charge is 0.497 e. The third kappa shape index (κ3) is 3.91. The SMILES string of the molecule is COc1ccc([C@H](C)NC(C)c2cccc(Cl)c2Cl)cc1. The average molecular weight is 324 g/mol. The van der Waals surface area contributed by atoms with E-state index in [0.717, 1.165) is 11.3 Å². The zero-order valence-electron chi connectivity index (χ0n) is 12.4. The maximum atomic E-state index is 6.27. The van der Waals surface area contributed by atoms with Crippen molar-refractivity contribution in [3.8, 4) is 5.75 Å². The highest BCUT2D eigenvalue weighted by Crippen LogP contribution is 2.31. The highest BCUT2D eigenvalue weighted by molar-refractivity contribution is 6.42. The van der Waals surface area contributed by atoms with Crippen LogP contribution >= 0.6 is 23.2 Å². The van der Waals surface area contributed by atoms with Crippen LogP contribution in [-0.2, 0) is 0 Å². The predicted octanol–water partition coefficient (Wildman–Crippen LogP) is 5.41. The molecule has 0 aliphatic carbocycles. The van der Waals surface area contributed by atoms with E-state index in [4.69, 9.17) is 27.9 Å². The fraction of sp³-hybridized carbons (Fsp3) is 0.294. The van der Waals surface area contributed by atoms with Gasteiger partial charge in [0, 0.05) is 12.1 Å². The summed E-state index contributed by atoms with van der Waals surface area (Å²) in [6.45, 7) is 4.20. The molecule has 4 heteroatoms. The van der Waals surface area contributed by atoms with Crippen LogP contribution in [-0.4, -0.2) is 7.11 Å². The Kier molecular flexibility index (Phi) is 5.51. The van der Waals surface area contributed by atoms with Crippen molar-refractivity contribution in [2.24, 2.45) is 0 Å². The van der Waals surface area contributed by atoms with Crippen LogP contribution in [0.1, 0.15) is 37.1 Å². The maximum Gasteiger partial charge on any atom is 0.118 e. The minimum Gasteiger partial charge on any atom is -0.497 e. The first-order chi connectivity index (χ1) is 10.0. The minimum absolute atomic E-state index is 0.105. The monoisotopic (exact) mass is 323 g/mol. The zero-order valence-corrected chi connectivity index (χ0v) is 13.9. The number of ether oxygens (including phenoxy) is 1. The van der Waals surface area contributed by atoms with Crippen LogP contribution in [0.5, 0.6) is 5.75 Å². The zero-order chi connectivity index (χ0) is 15.4. The van der Waals surface area contributed by atoms with Gasteiger partial charge in [-0.15, -0.1) is 0 Å². The van der Waals surface area contributed by atoms with Crippen molar-refractivity contribution < 1.29 is 4.74 Å². The standard InChI is InChI=1S/C17H19Cl2NO/c1-11(13-7-9-14(21-3)10-8-13)20-12(2)15-5-4-6-16(18)17(15)19/h4-12,20H,1-3H3/t11-,12?/m0/s1. The maximum absolute atomic E-state index is 6.27. The second kappa shape index (κ2) is 7.17. The number of hydrogen-bond acceptors (Lipinski definition) is 2. The molecule has 1 unspecified atom stereocenters. The molecule has 0 radical (unpaired) electrons. The molecule has 0 aromatic heterocycles. The van der Waals surface area contributed by atoms with E-state index in [0.29, 0.717) is 10.0 Å². The molecule has 0 aliphatic rings. The van der Waals surface area contributed by atoms with Crippen molar-refractivity contribution in [2.75, 3.05) is 7.11 Å². The van der Waals surface area contributed by atoms with Crippen LogP contribution in [0.4, 0.5) is 0 Å². The molecule has 2 atom stereocenters. The van der Waals surface area contributed by atoms with E-state index in [-0.39, 0.29) is 12.1 Å². The molecule has 0 spiro atoms. The summed E-state index contributed by atoms with van der Waals surface area (Å²) in [5.41, 5.74) is 2.20. The van der Waals surface area contributed by atoms with E-state index >= 15 is 0 Å². The molecule has 2 rings (SSSR count). The number of rotatable bonds is 5. The Bertz CT molecular complexity index is 598. The molecule has 2 nitrogen and oxygen atoms in total. The fourth-order valence-corrected chi connectivity index (χ4v) is 2.78. The number of benzene rings is 2. The van der Waals surface area contributed by atoms with E-state index < -0.39 is 0 Å². The molecular formula is C17H19Cl2NO. The normalized spacial score (nSPS) is 13.8. The predicted molar refractivity (Wildman–Crippen MR) is 89.4 cm³/mol. The summed E-state index contributed by atoms with van der Waals surface area (Å²) in [6, 6.07) is 14.1. The summed E-state index contributed by atoms with van der Waals surface area (Å²) in [5, 5.41) is 4.73. The Labute approximate surface area is 136 Å². The second-order valence-corrected chi connectivity index (χ2v) is 5.81. The number of nitrogens with one attached hydrogen (secondary N) is 1. The Morgan fingerprint density at radius 1 is 0.952 bits per heavy atom. The van der Waals surface area contributed by atoms with Crippen LogP contribution in [0, 0.1) is 0 Å². The topological polar surface area (TPSA) is 21.3 Å². The lowest BCUT2D eigenvalue weighted by molar-refractivity contribution is 0.414. The molecule has 0 fully saturated rings. The smallest absolute Gasteiger partial charge is 0.118 e. The molecule has 2 aromatic rings. The second-order valence-electron chi connectivity index (χ2n) is 5.03. The Morgan fingerprint density at radius 2 is 1.62 bits per heavy atom. The van der Waals surface area contributed by atoms with E-state index in [9.17, 15) is 0 Å². The molecule has 0 amide bonds. The quantitative estimate of drug-likeness (QED) is 0.793. The average Bonchev–Trinajstić information content (AvgIpc) is 2.50. The molecular weight excluding hydrogens is 305 g/mol. The summed E-state index contributed by atoms with van der Waals surface area (Å²) in [4.78, 5) is 0. The van der Waals surface area contributed by atoms with Gasteiger partial charge in [0.05, 0.1) is 17.2 Å². The van der Waals surface area contributed by atoms with Crippen LogP contribution in [0.3, 0.4) is 0 Å². The molecule has 0 saturated carbocycles. The fourth-order valence-electron chi connectivity index (χ4n) is 2.31. The lowest BCUT2D eigenvalue weighted by atomic mass is 10.0. The van der Waals surface area contributed by atoms with Crippen molar-refractivity contribution in [2.45, 2.75) is 25.9 Å². The summed E-state index contributed by atoms with van der Waals surface area (Å²) in [5.74, 6) is 0.858. The lowest BCUT2D eigenvalue weighted by Crippen LogP contribution is -2.22. The van der Waals surface area contributed by atoms with Gasteiger partial charge in [-0.3, -0.25) is 0 Å². The van der Waals surface area contributed by atoms with E-state index in [1.165, 1.54) is 5.56 Å². The highest BCUT2D eigenvalue weighted by atomic mass is 35.5. The molecule has 0 heterocycles. The van der Waals surface area contributed by atoms with Gasteiger partial charge in [-0.2, -0.15) is 0 Å². The summed E-state index contributed by atoms with van der Waals surface area (Å²) >= 11 is 12.3. The first-order valence-electron chi connectivity index (χ1n) is 6.87. The van der Waals surface area contributed by atoms with E-state index in [2.05, 4.69) is 31.3 Å². The van der Waals surface area contributed by atoms with Crippen LogP contribution < -0.4 is 10.1 Å². The minimum atomic E-state index is 0.105. The molecule has 2 aromatic carbocycles. The molecule has 21 heavy (non-hydrogen) atoms. The molecule has 112 valence electrons. The number of hydrogen-bond donors (Lipinski definition) is 1. The van der Waals surface area contributed by atoms with E-state index in [1.54, 1.807) is 13.2 Å².